The molecule has 8 heteroatoms. The van der Waals surface area contributed by atoms with Crippen LogP contribution in [0.3, 0.4) is 0 Å². The first-order chi connectivity index (χ1) is 10.2. The van der Waals surface area contributed by atoms with Gasteiger partial charge in [0.25, 0.3) is 0 Å². The van der Waals surface area contributed by atoms with Gasteiger partial charge in [-0.25, -0.2) is 9.59 Å². The highest BCUT2D eigenvalue weighted by atomic mass is 16.6. The number of carboxylic acids is 1. The third-order valence-corrected chi connectivity index (χ3v) is 2.91. The number of hydrogen-bond acceptors (Lipinski definition) is 5. The SMILES string of the molecule is CC(C)(C)OC(=O)NCCCNC(=O)[C@@H]1CC[C@H](C(=O)O)O1. The molecule has 1 heterocycles. The van der Waals surface area contributed by atoms with Crippen molar-refractivity contribution >= 4 is 18.0 Å². The summed E-state index contributed by atoms with van der Waals surface area (Å²) in [5.41, 5.74) is -0.543. The average Bonchev–Trinajstić information content (AvgIpc) is 2.85. The summed E-state index contributed by atoms with van der Waals surface area (Å²) in [6, 6.07) is 0. The average molecular weight is 316 g/mol. The van der Waals surface area contributed by atoms with E-state index in [1.54, 1.807) is 20.8 Å². The van der Waals surface area contributed by atoms with Gasteiger partial charge in [0.1, 0.15) is 11.7 Å². The van der Waals surface area contributed by atoms with E-state index >= 15 is 0 Å². The summed E-state index contributed by atoms with van der Waals surface area (Å²) in [5, 5.41) is 14.0. The maximum Gasteiger partial charge on any atom is 0.407 e. The smallest absolute Gasteiger partial charge is 0.407 e. The number of carbonyl (C=O) groups is 3. The molecule has 0 radical (unpaired) electrons. The number of aliphatic carboxylic acids is 1. The van der Waals surface area contributed by atoms with Crippen LogP contribution in [0.1, 0.15) is 40.0 Å². The highest BCUT2D eigenvalue weighted by Crippen LogP contribution is 2.19. The molecule has 0 aromatic carbocycles. The third kappa shape index (κ3) is 6.75. The van der Waals surface area contributed by atoms with Crippen molar-refractivity contribution in [3.05, 3.63) is 0 Å². The first kappa shape index (κ1) is 18.2. The van der Waals surface area contributed by atoms with E-state index in [9.17, 15) is 14.4 Å². The van der Waals surface area contributed by atoms with E-state index < -0.39 is 29.9 Å². The van der Waals surface area contributed by atoms with Gasteiger partial charge < -0.3 is 25.2 Å². The summed E-state index contributed by atoms with van der Waals surface area (Å²) in [4.78, 5) is 33.8. The van der Waals surface area contributed by atoms with Crippen molar-refractivity contribution in [1.29, 1.82) is 0 Å². The maximum absolute atomic E-state index is 11.8. The van der Waals surface area contributed by atoms with Crippen LogP contribution >= 0.6 is 0 Å². The van der Waals surface area contributed by atoms with Gasteiger partial charge in [0, 0.05) is 13.1 Å². The maximum atomic E-state index is 11.8. The molecule has 1 saturated heterocycles. The summed E-state index contributed by atoms with van der Waals surface area (Å²) in [7, 11) is 0. The molecule has 22 heavy (non-hydrogen) atoms. The van der Waals surface area contributed by atoms with Crippen LogP contribution in [0.5, 0.6) is 0 Å². The molecule has 0 saturated carbocycles. The second kappa shape index (κ2) is 7.98. The Morgan fingerprint density at radius 2 is 1.73 bits per heavy atom. The van der Waals surface area contributed by atoms with Crippen LogP contribution in [0.15, 0.2) is 0 Å². The van der Waals surface area contributed by atoms with Gasteiger partial charge in [-0.1, -0.05) is 0 Å². The predicted octanol–water partition coefficient (Wildman–Crippen LogP) is 0.650. The van der Waals surface area contributed by atoms with E-state index in [4.69, 9.17) is 14.6 Å². The zero-order valence-corrected chi connectivity index (χ0v) is 13.2. The predicted molar refractivity (Wildman–Crippen MR) is 77.4 cm³/mol. The number of alkyl carbamates (subject to hydrolysis) is 1. The minimum Gasteiger partial charge on any atom is -0.479 e. The van der Waals surface area contributed by atoms with Gasteiger partial charge >= 0.3 is 12.1 Å². The molecule has 1 aliphatic rings. The number of carboxylic acid groups (broad SMARTS) is 1. The van der Waals surface area contributed by atoms with Gasteiger partial charge in [-0.2, -0.15) is 0 Å². The lowest BCUT2D eigenvalue weighted by atomic mass is 10.2. The first-order valence-corrected chi connectivity index (χ1v) is 7.32. The Hall–Kier alpha value is -1.83. The molecule has 2 amide bonds. The molecule has 2 atom stereocenters. The number of ether oxygens (including phenoxy) is 2. The molecule has 0 aromatic heterocycles. The minimum atomic E-state index is -1.04. The lowest BCUT2D eigenvalue weighted by Crippen LogP contribution is -2.38. The second-order valence-corrected chi connectivity index (χ2v) is 6.10. The highest BCUT2D eigenvalue weighted by Gasteiger charge is 2.34. The molecule has 0 aliphatic carbocycles. The van der Waals surface area contributed by atoms with Crippen LogP contribution in [0, 0.1) is 0 Å². The van der Waals surface area contributed by atoms with E-state index in [0.29, 0.717) is 32.4 Å². The van der Waals surface area contributed by atoms with Gasteiger partial charge in [-0.15, -0.1) is 0 Å². The molecule has 1 rings (SSSR count). The van der Waals surface area contributed by atoms with Crippen LogP contribution in [0.2, 0.25) is 0 Å². The molecule has 3 N–H and O–H groups in total. The summed E-state index contributed by atoms with van der Waals surface area (Å²) >= 11 is 0. The summed E-state index contributed by atoms with van der Waals surface area (Å²) in [5.74, 6) is -1.36. The number of hydrogen-bond donors (Lipinski definition) is 3. The van der Waals surface area contributed by atoms with E-state index in [0.717, 1.165) is 0 Å². The van der Waals surface area contributed by atoms with Crippen LogP contribution in [-0.2, 0) is 19.1 Å². The summed E-state index contributed by atoms with van der Waals surface area (Å²) in [6.07, 6.45) is -0.820. The fourth-order valence-corrected chi connectivity index (χ4v) is 1.93. The van der Waals surface area contributed by atoms with Gasteiger partial charge in [0.15, 0.2) is 6.10 Å². The van der Waals surface area contributed by atoms with Gasteiger partial charge in [0.05, 0.1) is 0 Å². The van der Waals surface area contributed by atoms with Gasteiger partial charge in [-0.05, 0) is 40.0 Å². The normalized spacial score (nSPS) is 21.2. The fraction of sp³-hybridized carbons (Fsp3) is 0.786. The highest BCUT2D eigenvalue weighted by molar-refractivity contribution is 5.82. The van der Waals surface area contributed by atoms with Crippen LogP contribution < -0.4 is 10.6 Å². The van der Waals surface area contributed by atoms with Crippen LogP contribution in [0.4, 0.5) is 4.79 Å². The van der Waals surface area contributed by atoms with Crippen molar-refractivity contribution < 1.29 is 29.0 Å². The Balaban J connectivity index is 2.11. The number of carbonyl (C=O) groups excluding carboxylic acids is 2. The Labute approximate surface area is 129 Å². The molecular weight excluding hydrogens is 292 g/mol. The van der Waals surface area contributed by atoms with Gasteiger partial charge in [0.2, 0.25) is 5.91 Å². The van der Waals surface area contributed by atoms with E-state index in [-0.39, 0.29) is 5.91 Å². The molecule has 0 aromatic rings. The topological polar surface area (TPSA) is 114 Å². The van der Waals surface area contributed by atoms with Crippen molar-refractivity contribution in [2.24, 2.45) is 0 Å². The quantitative estimate of drug-likeness (QED) is 0.620. The van der Waals surface area contributed by atoms with Crippen molar-refractivity contribution in [1.82, 2.24) is 10.6 Å². The fourth-order valence-electron chi connectivity index (χ4n) is 1.93. The van der Waals surface area contributed by atoms with Crippen molar-refractivity contribution in [2.75, 3.05) is 13.1 Å². The first-order valence-electron chi connectivity index (χ1n) is 7.32. The molecule has 8 nitrogen and oxygen atoms in total. The second-order valence-electron chi connectivity index (χ2n) is 6.10. The molecule has 0 unspecified atom stereocenters. The Kier molecular flexibility index (Phi) is 6.61. The number of rotatable bonds is 6. The van der Waals surface area contributed by atoms with Crippen LogP contribution in [0.25, 0.3) is 0 Å². The lowest BCUT2D eigenvalue weighted by Gasteiger charge is -2.19. The third-order valence-electron chi connectivity index (χ3n) is 2.91. The Bertz CT molecular complexity index is 418. The minimum absolute atomic E-state index is 0.319. The Morgan fingerprint density at radius 3 is 2.27 bits per heavy atom. The summed E-state index contributed by atoms with van der Waals surface area (Å²) in [6.45, 7) is 6.07. The summed E-state index contributed by atoms with van der Waals surface area (Å²) < 4.78 is 10.2. The molecule has 1 fully saturated rings. The van der Waals surface area contributed by atoms with Crippen molar-refractivity contribution in [2.45, 2.75) is 57.8 Å². The molecule has 126 valence electrons. The number of nitrogens with one attached hydrogen (secondary N) is 2. The molecule has 0 bridgehead atoms. The van der Waals surface area contributed by atoms with E-state index in [1.807, 2.05) is 0 Å². The Morgan fingerprint density at radius 1 is 1.14 bits per heavy atom. The molecular formula is C14H24N2O6. The van der Waals surface area contributed by atoms with E-state index in [2.05, 4.69) is 10.6 Å². The number of amides is 2. The van der Waals surface area contributed by atoms with Gasteiger partial charge in [-0.3, -0.25) is 4.79 Å². The van der Waals surface area contributed by atoms with Crippen LogP contribution in [-0.4, -0.2) is 54.0 Å². The monoisotopic (exact) mass is 316 g/mol. The largest absolute Gasteiger partial charge is 0.479 e. The molecule has 0 spiro atoms. The van der Waals surface area contributed by atoms with E-state index in [1.165, 1.54) is 0 Å². The van der Waals surface area contributed by atoms with Crippen molar-refractivity contribution in [3.8, 4) is 0 Å². The standard InChI is InChI=1S/C14H24N2O6/c1-14(2,3)22-13(20)16-8-4-7-15-11(17)9-5-6-10(21-9)12(18)19/h9-10H,4-8H2,1-3H3,(H,15,17)(H,16,20)(H,18,19)/t9-,10+/m0/s1. The molecule has 1 aliphatic heterocycles. The van der Waals surface area contributed by atoms with Crippen molar-refractivity contribution in [3.63, 3.8) is 0 Å². The zero-order chi connectivity index (χ0) is 16.8. The lowest BCUT2D eigenvalue weighted by molar-refractivity contribution is -0.151. The zero-order valence-electron chi connectivity index (χ0n) is 13.2.